The fourth-order valence-corrected chi connectivity index (χ4v) is 1.45. The summed E-state index contributed by atoms with van der Waals surface area (Å²) in [6, 6.07) is 0. The van der Waals surface area contributed by atoms with E-state index in [-0.39, 0.29) is 0 Å². The van der Waals surface area contributed by atoms with Crippen molar-refractivity contribution in [2.24, 2.45) is 5.92 Å². The zero-order valence-electron chi connectivity index (χ0n) is 6.40. The van der Waals surface area contributed by atoms with E-state index in [4.69, 9.17) is 0 Å². The van der Waals surface area contributed by atoms with Crippen molar-refractivity contribution < 1.29 is 0 Å². The summed E-state index contributed by atoms with van der Waals surface area (Å²) in [5, 5.41) is 3.29. The van der Waals surface area contributed by atoms with Gasteiger partial charge in [-0.1, -0.05) is 13.8 Å². The average Bonchev–Trinajstić information content (AvgIpc) is 1.60. The lowest BCUT2D eigenvalue weighted by Crippen LogP contribution is -2.51. The zero-order chi connectivity index (χ0) is 6.91. The van der Waals surface area contributed by atoms with Crippen molar-refractivity contribution in [3.63, 3.8) is 0 Å². The predicted molar refractivity (Wildman–Crippen MR) is 44.0 cm³/mol. The van der Waals surface area contributed by atoms with Gasteiger partial charge in [-0.2, -0.15) is 11.8 Å². The second-order valence-corrected chi connectivity index (χ2v) is 4.62. The Kier molecular flexibility index (Phi) is 2.07. The molecule has 0 saturated carbocycles. The Bertz CT molecular complexity index is 97.1. The van der Waals surface area contributed by atoms with Crippen molar-refractivity contribution in [2.75, 3.05) is 19.3 Å². The van der Waals surface area contributed by atoms with Gasteiger partial charge in [0.25, 0.3) is 0 Å². The molecule has 0 aromatic carbocycles. The summed E-state index contributed by atoms with van der Waals surface area (Å²) < 4.78 is 0.491. The van der Waals surface area contributed by atoms with Crippen molar-refractivity contribution in [3.05, 3.63) is 0 Å². The van der Waals surface area contributed by atoms with E-state index in [1.807, 2.05) is 11.8 Å². The Labute approximate surface area is 61.6 Å². The van der Waals surface area contributed by atoms with Crippen LogP contribution < -0.4 is 5.32 Å². The monoisotopic (exact) mass is 145 g/mol. The summed E-state index contributed by atoms with van der Waals surface area (Å²) in [5.74, 6) is 0.896. The van der Waals surface area contributed by atoms with E-state index in [0.29, 0.717) is 4.75 Å². The molecular formula is C7H15NS. The third-order valence-corrected chi connectivity index (χ3v) is 3.68. The zero-order valence-corrected chi connectivity index (χ0v) is 7.22. The lowest BCUT2D eigenvalue weighted by Gasteiger charge is -2.39. The van der Waals surface area contributed by atoms with Crippen LogP contribution in [0.5, 0.6) is 0 Å². The van der Waals surface area contributed by atoms with E-state index in [0.717, 1.165) is 5.92 Å². The van der Waals surface area contributed by atoms with Crippen LogP contribution in [0.2, 0.25) is 0 Å². The number of rotatable bonds is 2. The molecule has 2 heteroatoms. The normalized spacial score (nSPS) is 21.7. The number of hydrogen-bond acceptors (Lipinski definition) is 2. The van der Waals surface area contributed by atoms with E-state index < -0.39 is 0 Å². The van der Waals surface area contributed by atoms with Gasteiger partial charge < -0.3 is 5.32 Å². The topological polar surface area (TPSA) is 12.0 Å². The van der Waals surface area contributed by atoms with Crippen molar-refractivity contribution in [3.8, 4) is 0 Å². The quantitative estimate of drug-likeness (QED) is 0.629. The third kappa shape index (κ3) is 1.41. The Morgan fingerprint density at radius 2 is 2.00 bits per heavy atom. The largest absolute Gasteiger partial charge is 0.316 e. The molecule has 1 fully saturated rings. The van der Waals surface area contributed by atoms with Crippen molar-refractivity contribution >= 4 is 11.8 Å². The van der Waals surface area contributed by atoms with Gasteiger partial charge in [-0.05, 0) is 12.2 Å². The lowest BCUT2D eigenvalue weighted by atomic mass is 9.90. The van der Waals surface area contributed by atoms with Crippen LogP contribution in [0.15, 0.2) is 0 Å². The first-order valence-electron chi connectivity index (χ1n) is 3.42. The smallest absolute Gasteiger partial charge is 0.0153 e. The Morgan fingerprint density at radius 3 is 2.11 bits per heavy atom. The Morgan fingerprint density at radius 1 is 1.44 bits per heavy atom. The lowest BCUT2D eigenvalue weighted by molar-refractivity contribution is 0.290. The highest BCUT2D eigenvalue weighted by molar-refractivity contribution is 7.99. The van der Waals surface area contributed by atoms with Crippen molar-refractivity contribution in [1.29, 1.82) is 0 Å². The molecule has 0 bridgehead atoms. The molecule has 0 aromatic rings. The van der Waals surface area contributed by atoms with Gasteiger partial charge in [-0.25, -0.2) is 0 Å². The number of nitrogens with one attached hydrogen (secondary N) is 1. The van der Waals surface area contributed by atoms with Crippen LogP contribution in [0, 0.1) is 5.92 Å². The van der Waals surface area contributed by atoms with Crippen molar-refractivity contribution in [1.82, 2.24) is 5.32 Å². The second kappa shape index (κ2) is 2.51. The summed E-state index contributed by atoms with van der Waals surface area (Å²) in [5.41, 5.74) is 0. The van der Waals surface area contributed by atoms with Gasteiger partial charge in [0.1, 0.15) is 0 Å². The van der Waals surface area contributed by atoms with E-state index >= 15 is 0 Å². The Balaban J connectivity index is 2.37. The van der Waals surface area contributed by atoms with Gasteiger partial charge in [0.2, 0.25) is 0 Å². The molecule has 1 aliphatic rings. The van der Waals surface area contributed by atoms with E-state index in [9.17, 15) is 0 Å². The third-order valence-electron chi connectivity index (χ3n) is 2.29. The van der Waals surface area contributed by atoms with Crippen LogP contribution in [-0.4, -0.2) is 24.1 Å². The molecule has 0 amide bonds. The maximum Gasteiger partial charge on any atom is 0.0153 e. The minimum atomic E-state index is 0.491. The first-order valence-corrected chi connectivity index (χ1v) is 4.65. The van der Waals surface area contributed by atoms with Crippen LogP contribution >= 0.6 is 11.8 Å². The first kappa shape index (κ1) is 7.42. The molecule has 9 heavy (non-hydrogen) atoms. The van der Waals surface area contributed by atoms with Crippen LogP contribution in [0.25, 0.3) is 0 Å². The highest BCUT2D eigenvalue weighted by Crippen LogP contribution is 2.32. The highest BCUT2D eigenvalue weighted by atomic mass is 32.2. The fraction of sp³-hybridized carbons (Fsp3) is 1.00. The average molecular weight is 145 g/mol. The molecule has 1 heterocycles. The van der Waals surface area contributed by atoms with Crippen LogP contribution in [0.3, 0.4) is 0 Å². The second-order valence-electron chi connectivity index (χ2n) is 3.16. The molecular weight excluding hydrogens is 130 g/mol. The molecule has 1 saturated heterocycles. The molecule has 0 unspecified atom stereocenters. The molecule has 0 spiro atoms. The van der Waals surface area contributed by atoms with Gasteiger partial charge in [0.15, 0.2) is 0 Å². The SMILES string of the molecule is CSC(C)(C)C1CNC1. The molecule has 1 N–H and O–H groups in total. The first-order chi connectivity index (χ1) is 4.17. The summed E-state index contributed by atoms with van der Waals surface area (Å²) >= 11 is 1.97. The predicted octanol–water partition coefficient (Wildman–Crippen LogP) is 1.35. The van der Waals surface area contributed by atoms with Crippen LogP contribution in [0.1, 0.15) is 13.8 Å². The van der Waals surface area contributed by atoms with E-state index in [2.05, 4.69) is 25.4 Å². The molecule has 54 valence electrons. The minimum Gasteiger partial charge on any atom is -0.316 e. The van der Waals surface area contributed by atoms with Gasteiger partial charge in [0.05, 0.1) is 0 Å². The van der Waals surface area contributed by atoms with Gasteiger partial charge in [0, 0.05) is 17.8 Å². The fourth-order valence-electron chi connectivity index (χ4n) is 0.947. The van der Waals surface area contributed by atoms with E-state index in [1.54, 1.807) is 0 Å². The summed E-state index contributed by atoms with van der Waals surface area (Å²) in [6.07, 6.45) is 2.19. The molecule has 1 nitrogen and oxygen atoms in total. The van der Waals surface area contributed by atoms with Crippen LogP contribution in [0.4, 0.5) is 0 Å². The number of hydrogen-bond donors (Lipinski definition) is 1. The maximum absolute atomic E-state index is 3.29. The summed E-state index contributed by atoms with van der Waals surface area (Å²) in [7, 11) is 0. The van der Waals surface area contributed by atoms with Crippen LogP contribution in [-0.2, 0) is 0 Å². The maximum atomic E-state index is 3.29. The minimum absolute atomic E-state index is 0.491. The highest BCUT2D eigenvalue weighted by Gasteiger charge is 2.32. The Hall–Kier alpha value is 0.310. The molecule has 0 aromatic heterocycles. The van der Waals surface area contributed by atoms with Gasteiger partial charge in [-0.3, -0.25) is 0 Å². The molecule has 0 aliphatic carbocycles. The van der Waals surface area contributed by atoms with Gasteiger partial charge in [-0.15, -0.1) is 0 Å². The molecule has 0 radical (unpaired) electrons. The van der Waals surface area contributed by atoms with Gasteiger partial charge >= 0.3 is 0 Å². The van der Waals surface area contributed by atoms with Crippen molar-refractivity contribution in [2.45, 2.75) is 18.6 Å². The van der Waals surface area contributed by atoms with E-state index in [1.165, 1.54) is 13.1 Å². The number of thioether (sulfide) groups is 1. The molecule has 1 aliphatic heterocycles. The standard InChI is InChI=1S/C7H15NS/c1-7(2,9-3)6-4-8-5-6/h6,8H,4-5H2,1-3H3. The molecule has 0 atom stereocenters. The molecule has 1 rings (SSSR count). The summed E-state index contributed by atoms with van der Waals surface area (Å²) in [6.45, 7) is 7.08. The summed E-state index contributed by atoms with van der Waals surface area (Å²) in [4.78, 5) is 0.